The standard InChI is InChI=1S/C19H23NO/c1-15-9-11-17(12-10-15)6-5-13-20-16(2)18-7-4-8-19(14-18)21-3/h4-12,14,16,20H,13H2,1-3H3/b6-5+/t16-/m0/s1. The maximum atomic E-state index is 5.26. The van der Waals surface area contributed by atoms with Gasteiger partial charge in [-0.05, 0) is 37.1 Å². The molecule has 0 aromatic heterocycles. The first kappa shape index (κ1) is 15.3. The molecule has 0 radical (unpaired) electrons. The Morgan fingerprint density at radius 2 is 1.90 bits per heavy atom. The molecule has 0 unspecified atom stereocenters. The Hall–Kier alpha value is -2.06. The van der Waals surface area contributed by atoms with E-state index in [4.69, 9.17) is 4.74 Å². The van der Waals surface area contributed by atoms with E-state index in [0.717, 1.165) is 12.3 Å². The Morgan fingerprint density at radius 1 is 1.14 bits per heavy atom. The first-order valence-corrected chi connectivity index (χ1v) is 7.29. The Bertz CT molecular complexity index is 587. The smallest absolute Gasteiger partial charge is 0.119 e. The first-order chi connectivity index (χ1) is 10.2. The van der Waals surface area contributed by atoms with Crippen LogP contribution in [0.5, 0.6) is 5.75 Å². The minimum atomic E-state index is 0.294. The van der Waals surface area contributed by atoms with Gasteiger partial charge in [-0.1, -0.05) is 54.1 Å². The third-order valence-corrected chi connectivity index (χ3v) is 3.52. The van der Waals surface area contributed by atoms with Crippen molar-refractivity contribution < 1.29 is 4.74 Å². The highest BCUT2D eigenvalue weighted by Crippen LogP contribution is 2.18. The second-order valence-electron chi connectivity index (χ2n) is 5.22. The minimum Gasteiger partial charge on any atom is -0.497 e. The Kier molecular flexibility index (Phi) is 5.59. The van der Waals surface area contributed by atoms with Crippen LogP contribution in [0, 0.1) is 6.92 Å². The van der Waals surface area contributed by atoms with E-state index < -0.39 is 0 Å². The van der Waals surface area contributed by atoms with E-state index in [-0.39, 0.29) is 0 Å². The first-order valence-electron chi connectivity index (χ1n) is 7.29. The van der Waals surface area contributed by atoms with E-state index in [1.165, 1.54) is 16.7 Å². The molecule has 0 fully saturated rings. The van der Waals surface area contributed by atoms with Gasteiger partial charge in [0.15, 0.2) is 0 Å². The monoisotopic (exact) mass is 281 g/mol. The number of hydrogen-bond acceptors (Lipinski definition) is 2. The van der Waals surface area contributed by atoms with Crippen LogP contribution >= 0.6 is 0 Å². The molecule has 0 aliphatic carbocycles. The van der Waals surface area contributed by atoms with Gasteiger partial charge in [-0.3, -0.25) is 0 Å². The van der Waals surface area contributed by atoms with Gasteiger partial charge in [0.25, 0.3) is 0 Å². The van der Waals surface area contributed by atoms with Crippen molar-refractivity contribution in [3.05, 3.63) is 71.3 Å². The zero-order valence-corrected chi connectivity index (χ0v) is 13.0. The summed E-state index contributed by atoms with van der Waals surface area (Å²) in [5.74, 6) is 0.899. The van der Waals surface area contributed by atoms with Crippen molar-refractivity contribution in [2.24, 2.45) is 0 Å². The molecule has 2 heteroatoms. The van der Waals surface area contributed by atoms with Gasteiger partial charge in [0.05, 0.1) is 7.11 Å². The maximum Gasteiger partial charge on any atom is 0.119 e. The van der Waals surface area contributed by atoms with Gasteiger partial charge in [-0.25, -0.2) is 0 Å². The molecule has 0 saturated carbocycles. The zero-order valence-electron chi connectivity index (χ0n) is 13.0. The van der Waals surface area contributed by atoms with Crippen molar-refractivity contribution in [3.8, 4) is 5.75 Å². The van der Waals surface area contributed by atoms with Crippen LogP contribution in [0.3, 0.4) is 0 Å². The summed E-state index contributed by atoms with van der Waals surface area (Å²) in [6.07, 6.45) is 4.30. The van der Waals surface area contributed by atoms with Crippen LogP contribution in [0.4, 0.5) is 0 Å². The van der Waals surface area contributed by atoms with Crippen LogP contribution in [0.1, 0.15) is 29.7 Å². The SMILES string of the molecule is COc1cccc([C@H](C)NC/C=C/c2ccc(C)cc2)c1. The van der Waals surface area contributed by atoms with Gasteiger partial charge in [0.1, 0.15) is 5.75 Å². The minimum absolute atomic E-state index is 0.294. The van der Waals surface area contributed by atoms with Gasteiger partial charge < -0.3 is 10.1 Å². The number of hydrogen-bond donors (Lipinski definition) is 1. The predicted octanol–water partition coefficient (Wildman–Crippen LogP) is 4.37. The van der Waals surface area contributed by atoms with Crippen molar-refractivity contribution in [2.45, 2.75) is 19.9 Å². The van der Waals surface area contributed by atoms with Crippen LogP contribution in [0.2, 0.25) is 0 Å². The number of aryl methyl sites for hydroxylation is 1. The largest absolute Gasteiger partial charge is 0.497 e. The Labute approximate surface area is 127 Å². The summed E-state index contributed by atoms with van der Waals surface area (Å²) in [5.41, 5.74) is 3.76. The fourth-order valence-electron chi connectivity index (χ4n) is 2.15. The van der Waals surface area contributed by atoms with Crippen molar-refractivity contribution in [1.82, 2.24) is 5.32 Å². The third-order valence-electron chi connectivity index (χ3n) is 3.52. The van der Waals surface area contributed by atoms with Crippen molar-refractivity contribution in [3.63, 3.8) is 0 Å². The lowest BCUT2D eigenvalue weighted by Gasteiger charge is -2.13. The molecule has 0 saturated heterocycles. The maximum absolute atomic E-state index is 5.26. The van der Waals surface area contributed by atoms with E-state index in [1.807, 2.05) is 12.1 Å². The second-order valence-corrected chi connectivity index (χ2v) is 5.22. The molecule has 0 aliphatic heterocycles. The van der Waals surface area contributed by atoms with Crippen LogP contribution < -0.4 is 10.1 Å². The lowest BCUT2D eigenvalue weighted by Crippen LogP contribution is -2.18. The van der Waals surface area contributed by atoms with Crippen LogP contribution in [-0.4, -0.2) is 13.7 Å². The molecule has 0 heterocycles. The van der Waals surface area contributed by atoms with Gasteiger partial charge in [-0.2, -0.15) is 0 Å². The van der Waals surface area contributed by atoms with E-state index in [1.54, 1.807) is 7.11 Å². The van der Waals surface area contributed by atoms with Gasteiger partial charge in [-0.15, -0.1) is 0 Å². The molecular weight excluding hydrogens is 258 g/mol. The lowest BCUT2D eigenvalue weighted by atomic mass is 10.1. The molecule has 2 aromatic carbocycles. The number of rotatable bonds is 6. The molecule has 1 atom stereocenters. The Balaban J connectivity index is 1.86. The molecule has 2 nitrogen and oxygen atoms in total. The average Bonchev–Trinajstić information content (AvgIpc) is 2.53. The summed E-state index contributed by atoms with van der Waals surface area (Å²) in [6, 6.07) is 17.0. The summed E-state index contributed by atoms with van der Waals surface area (Å²) >= 11 is 0. The molecule has 110 valence electrons. The fraction of sp³-hybridized carbons (Fsp3) is 0.263. The van der Waals surface area contributed by atoms with Crippen molar-refractivity contribution >= 4 is 6.08 Å². The zero-order chi connectivity index (χ0) is 15.1. The van der Waals surface area contributed by atoms with Crippen LogP contribution in [0.15, 0.2) is 54.6 Å². The molecule has 0 bridgehead atoms. The number of methoxy groups -OCH3 is 1. The number of ether oxygens (including phenoxy) is 1. The number of benzene rings is 2. The van der Waals surface area contributed by atoms with E-state index in [2.05, 4.69) is 67.7 Å². The predicted molar refractivity (Wildman–Crippen MR) is 89.6 cm³/mol. The van der Waals surface area contributed by atoms with Gasteiger partial charge in [0.2, 0.25) is 0 Å². The molecule has 0 spiro atoms. The van der Waals surface area contributed by atoms with Gasteiger partial charge >= 0.3 is 0 Å². The third kappa shape index (κ3) is 4.76. The summed E-state index contributed by atoms with van der Waals surface area (Å²) in [5, 5.41) is 3.49. The molecule has 0 aliphatic rings. The summed E-state index contributed by atoms with van der Waals surface area (Å²) in [4.78, 5) is 0. The molecule has 0 amide bonds. The van der Waals surface area contributed by atoms with E-state index in [9.17, 15) is 0 Å². The highest BCUT2D eigenvalue weighted by molar-refractivity contribution is 5.49. The normalized spacial score (nSPS) is 12.5. The summed E-state index contributed by atoms with van der Waals surface area (Å²) in [7, 11) is 1.70. The Morgan fingerprint density at radius 3 is 2.62 bits per heavy atom. The lowest BCUT2D eigenvalue weighted by molar-refractivity contribution is 0.413. The van der Waals surface area contributed by atoms with Gasteiger partial charge in [0, 0.05) is 12.6 Å². The van der Waals surface area contributed by atoms with Crippen molar-refractivity contribution in [1.29, 1.82) is 0 Å². The van der Waals surface area contributed by atoms with Crippen molar-refractivity contribution in [2.75, 3.05) is 13.7 Å². The quantitative estimate of drug-likeness (QED) is 0.849. The highest BCUT2D eigenvalue weighted by atomic mass is 16.5. The second kappa shape index (κ2) is 7.65. The summed E-state index contributed by atoms with van der Waals surface area (Å²) in [6.45, 7) is 5.10. The molecule has 1 N–H and O–H groups in total. The topological polar surface area (TPSA) is 21.3 Å². The average molecular weight is 281 g/mol. The number of nitrogens with one attached hydrogen (secondary N) is 1. The molecule has 2 aromatic rings. The molecule has 2 rings (SSSR count). The summed E-state index contributed by atoms with van der Waals surface area (Å²) < 4.78 is 5.26. The highest BCUT2D eigenvalue weighted by Gasteiger charge is 2.04. The van der Waals surface area contributed by atoms with E-state index in [0.29, 0.717) is 6.04 Å². The van der Waals surface area contributed by atoms with Crippen LogP contribution in [0.25, 0.3) is 6.08 Å². The molecular formula is C19H23NO. The molecule has 21 heavy (non-hydrogen) atoms. The van der Waals surface area contributed by atoms with E-state index >= 15 is 0 Å². The fourth-order valence-corrected chi connectivity index (χ4v) is 2.15. The van der Waals surface area contributed by atoms with Crippen LogP contribution in [-0.2, 0) is 0 Å².